The first kappa shape index (κ1) is 11.7. The van der Waals surface area contributed by atoms with Gasteiger partial charge in [-0.1, -0.05) is 12.1 Å². The van der Waals surface area contributed by atoms with Crippen molar-refractivity contribution in [3.8, 4) is 5.75 Å². The highest BCUT2D eigenvalue weighted by Gasteiger charge is 2.02. The van der Waals surface area contributed by atoms with Crippen LogP contribution >= 0.6 is 15.9 Å². The van der Waals surface area contributed by atoms with E-state index < -0.39 is 0 Å². The number of nitrogens with two attached hydrogens (primary N) is 1. The quantitative estimate of drug-likeness (QED) is 0.808. The van der Waals surface area contributed by atoms with E-state index in [2.05, 4.69) is 31.2 Å². The third kappa shape index (κ3) is 3.07. The highest BCUT2D eigenvalue weighted by Crippen LogP contribution is 2.17. The van der Waals surface area contributed by atoms with Gasteiger partial charge in [0.05, 0.1) is 6.20 Å². The van der Waals surface area contributed by atoms with Crippen LogP contribution in [0.4, 0.5) is 11.6 Å². The van der Waals surface area contributed by atoms with Gasteiger partial charge in [0.2, 0.25) is 0 Å². The van der Waals surface area contributed by atoms with Crippen LogP contribution in [0.5, 0.6) is 5.75 Å². The Labute approximate surface area is 107 Å². The van der Waals surface area contributed by atoms with Gasteiger partial charge in [-0.2, -0.15) is 0 Å². The number of anilines is 2. The van der Waals surface area contributed by atoms with Gasteiger partial charge in [0.15, 0.2) is 11.6 Å². The second-order valence-electron chi connectivity index (χ2n) is 3.45. The van der Waals surface area contributed by atoms with Crippen molar-refractivity contribution < 1.29 is 5.11 Å². The van der Waals surface area contributed by atoms with Crippen LogP contribution in [0.3, 0.4) is 0 Å². The van der Waals surface area contributed by atoms with Gasteiger partial charge in [0, 0.05) is 6.54 Å². The Balaban J connectivity index is 2.07. The van der Waals surface area contributed by atoms with Crippen molar-refractivity contribution in [3.63, 3.8) is 0 Å². The normalized spacial score (nSPS) is 10.2. The Bertz CT molecular complexity index is 515. The maximum Gasteiger partial charge on any atom is 0.170 e. The molecule has 1 aromatic carbocycles. The molecule has 2 rings (SSSR count). The van der Waals surface area contributed by atoms with E-state index in [0.29, 0.717) is 22.8 Å². The molecule has 4 N–H and O–H groups in total. The van der Waals surface area contributed by atoms with E-state index in [1.165, 1.54) is 0 Å². The fourth-order valence-electron chi connectivity index (χ4n) is 1.31. The lowest BCUT2D eigenvalue weighted by atomic mass is 10.2. The minimum Gasteiger partial charge on any atom is -0.508 e. The van der Waals surface area contributed by atoms with Crippen molar-refractivity contribution in [1.82, 2.24) is 9.97 Å². The van der Waals surface area contributed by atoms with Gasteiger partial charge in [-0.05, 0) is 33.6 Å². The molecule has 2 aromatic rings. The summed E-state index contributed by atoms with van der Waals surface area (Å²) >= 11 is 3.23. The molecule has 5 nitrogen and oxygen atoms in total. The van der Waals surface area contributed by atoms with Crippen LogP contribution in [0.1, 0.15) is 5.56 Å². The molecule has 0 aliphatic rings. The van der Waals surface area contributed by atoms with Crippen molar-refractivity contribution in [2.45, 2.75) is 6.54 Å². The number of nitrogens with zero attached hydrogens (tertiary/aromatic N) is 2. The lowest BCUT2D eigenvalue weighted by Gasteiger charge is -2.07. The minimum absolute atomic E-state index is 0.246. The lowest BCUT2D eigenvalue weighted by molar-refractivity contribution is 0.475. The summed E-state index contributed by atoms with van der Waals surface area (Å²) in [6, 6.07) is 6.91. The largest absolute Gasteiger partial charge is 0.508 e. The molecule has 0 aliphatic heterocycles. The molecular formula is C11H11BrN4O. The smallest absolute Gasteiger partial charge is 0.170 e. The first-order valence-electron chi connectivity index (χ1n) is 4.95. The topological polar surface area (TPSA) is 84.1 Å². The van der Waals surface area contributed by atoms with Gasteiger partial charge in [0.25, 0.3) is 0 Å². The monoisotopic (exact) mass is 294 g/mol. The number of rotatable bonds is 3. The highest BCUT2D eigenvalue weighted by atomic mass is 79.9. The van der Waals surface area contributed by atoms with Crippen LogP contribution in [0.15, 0.2) is 35.1 Å². The van der Waals surface area contributed by atoms with E-state index in [-0.39, 0.29) is 5.75 Å². The van der Waals surface area contributed by atoms with E-state index >= 15 is 0 Å². The Kier molecular flexibility index (Phi) is 3.43. The number of halogens is 1. The number of phenols is 1. The zero-order chi connectivity index (χ0) is 12.3. The summed E-state index contributed by atoms with van der Waals surface area (Å²) in [5, 5.41) is 12.2. The molecule has 0 saturated carbocycles. The predicted molar refractivity (Wildman–Crippen MR) is 69.6 cm³/mol. The molecule has 0 spiro atoms. The second kappa shape index (κ2) is 5.01. The first-order chi connectivity index (χ1) is 8.15. The third-order valence-electron chi connectivity index (χ3n) is 2.17. The lowest BCUT2D eigenvalue weighted by Crippen LogP contribution is -2.06. The zero-order valence-electron chi connectivity index (χ0n) is 8.89. The van der Waals surface area contributed by atoms with Crippen molar-refractivity contribution >= 4 is 27.6 Å². The summed E-state index contributed by atoms with van der Waals surface area (Å²) in [4.78, 5) is 8.14. The molecule has 88 valence electrons. The summed E-state index contributed by atoms with van der Waals surface area (Å²) in [6.07, 6.45) is 1.54. The third-order valence-corrected chi connectivity index (χ3v) is 2.55. The Morgan fingerprint density at radius 2 is 2.00 bits per heavy atom. The molecule has 0 bridgehead atoms. The molecule has 0 unspecified atom stereocenters. The van der Waals surface area contributed by atoms with Gasteiger partial charge in [-0.25, -0.2) is 9.97 Å². The fourth-order valence-corrected chi connectivity index (χ4v) is 1.59. The molecule has 17 heavy (non-hydrogen) atoms. The van der Waals surface area contributed by atoms with Crippen LogP contribution in [0, 0.1) is 0 Å². The van der Waals surface area contributed by atoms with Crippen molar-refractivity contribution in [2.75, 3.05) is 11.1 Å². The van der Waals surface area contributed by atoms with Gasteiger partial charge in [0.1, 0.15) is 10.4 Å². The SMILES string of the molecule is Nc1ncc(Br)nc1NCc1ccc(O)cc1. The van der Waals surface area contributed by atoms with E-state index in [1.807, 2.05) is 12.1 Å². The molecule has 0 aliphatic carbocycles. The van der Waals surface area contributed by atoms with Crippen molar-refractivity contribution in [1.29, 1.82) is 0 Å². The molecule has 0 saturated heterocycles. The van der Waals surface area contributed by atoms with E-state index in [0.717, 1.165) is 5.56 Å². The molecule has 0 fully saturated rings. The standard InChI is InChI=1S/C11H11BrN4O/c12-9-6-14-10(13)11(16-9)15-5-7-1-3-8(17)4-2-7/h1-4,6,17H,5H2,(H2,13,14)(H,15,16). The number of hydrogen-bond donors (Lipinski definition) is 3. The summed E-state index contributed by atoms with van der Waals surface area (Å²) < 4.78 is 0.625. The molecule has 0 radical (unpaired) electrons. The second-order valence-corrected chi connectivity index (χ2v) is 4.26. The number of nitrogens with one attached hydrogen (secondary N) is 1. The molecule has 0 amide bonds. The molecule has 6 heteroatoms. The van der Waals surface area contributed by atoms with Crippen LogP contribution in [0.2, 0.25) is 0 Å². The van der Waals surface area contributed by atoms with E-state index in [1.54, 1.807) is 18.3 Å². The number of nitrogen functional groups attached to an aromatic ring is 1. The van der Waals surface area contributed by atoms with Gasteiger partial charge in [-0.3, -0.25) is 0 Å². The number of aromatic hydroxyl groups is 1. The first-order valence-corrected chi connectivity index (χ1v) is 5.74. The Hall–Kier alpha value is -1.82. The van der Waals surface area contributed by atoms with Crippen LogP contribution in [-0.2, 0) is 6.54 Å². The Morgan fingerprint density at radius 3 is 2.71 bits per heavy atom. The van der Waals surface area contributed by atoms with Crippen molar-refractivity contribution in [2.24, 2.45) is 0 Å². The van der Waals surface area contributed by atoms with Crippen molar-refractivity contribution in [3.05, 3.63) is 40.6 Å². The van der Waals surface area contributed by atoms with E-state index in [9.17, 15) is 0 Å². The average molecular weight is 295 g/mol. The van der Waals surface area contributed by atoms with Crippen LogP contribution in [-0.4, -0.2) is 15.1 Å². The van der Waals surface area contributed by atoms with Gasteiger partial charge >= 0.3 is 0 Å². The molecule has 0 atom stereocenters. The maximum absolute atomic E-state index is 9.15. The molecular weight excluding hydrogens is 284 g/mol. The summed E-state index contributed by atoms with van der Waals surface area (Å²) in [5.74, 6) is 1.13. The maximum atomic E-state index is 9.15. The number of hydrogen-bond acceptors (Lipinski definition) is 5. The Morgan fingerprint density at radius 1 is 1.29 bits per heavy atom. The summed E-state index contributed by atoms with van der Waals surface area (Å²) in [6.45, 7) is 0.565. The highest BCUT2D eigenvalue weighted by molar-refractivity contribution is 9.10. The zero-order valence-corrected chi connectivity index (χ0v) is 10.5. The van der Waals surface area contributed by atoms with Crippen LogP contribution < -0.4 is 11.1 Å². The summed E-state index contributed by atoms with van der Waals surface area (Å²) in [5.41, 5.74) is 6.70. The average Bonchev–Trinajstić information content (AvgIpc) is 2.32. The minimum atomic E-state index is 0.246. The van der Waals surface area contributed by atoms with Crippen LogP contribution in [0.25, 0.3) is 0 Å². The fraction of sp³-hybridized carbons (Fsp3) is 0.0909. The predicted octanol–water partition coefficient (Wildman–Crippen LogP) is 2.14. The number of phenolic OH excluding ortho intramolecular Hbond substituents is 1. The summed E-state index contributed by atoms with van der Waals surface area (Å²) in [7, 11) is 0. The van der Waals surface area contributed by atoms with E-state index in [4.69, 9.17) is 10.8 Å². The number of benzene rings is 1. The number of aromatic nitrogens is 2. The molecule has 1 heterocycles. The van der Waals surface area contributed by atoms with Gasteiger partial charge < -0.3 is 16.2 Å². The van der Waals surface area contributed by atoms with Gasteiger partial charge in [-0.15, -0.1) is 0 Å². The molecule has 1 aromatic heterocycles.